The molecule has 0 saturated heterocycles. The highest BCUT2D eigenvalue weighted by atomic mass is 16.5. The van der Waals surface area contributed by atoms with Crippen molar-refractivity contribution in [3.05, 3.63) is 103 Å². The molecule has 0 radical (unpaired) electrons. The third kappa shape index (κ3) is 3.91. The maximum absolute atomic E-state index is 9.62. The number of para-hydroxylation sites is 1. The molecule has 0 atom stereocenters. The number of benzene rings is 4. The van der Waals surface area contributed by atoms with Crippen molar-refractivity contribution in [3.63, 3.8) is 0 Å². The Labute approximate surface area is 163 Å². The minimum atomic E-state index is 0.209. The highest BCUT2D eigenvalue weighted by Crippen LogP contribution is 2.36. The molecule has 0 bridgehead atoms. The summed E-state index contributed by atoms with van der Waals surface area (Å²) in [4.78, 5) is 2.03. The number of anilines is 3. The number of rotatable bonds is 5. The van der Waals surface area contributed by atoms with Crippen molar-refractivity contribution >= 4 is 17.1 Å². The Morgan fingerprint density at radius 1 is 0.464 bits per heavy atom. The molecule has 4 nitrogen and oxygen atoms in total. The van der Waals surface area contributed by atoms with Crippen molar-refractivity contribution < 1.29 is 14.9 Å². The zero-order chi connectivity index (χ0) is 19.3. The fourth-order valence-corrected chi connectivity index (χ4v) is 2.94. The van der Waals surface area contributed by atoms with E-state index in [0.717, 1.165) is 28.6 Å². The number of aromatic hydroxyl groups is 2. The molecule has 0 unspecified atom stereocenters. The first-order valence-corrected chi connectivity index (χ1v) is 8.90. The summed E-state index contributed by atoms with van der Waals surface area (Å²) in [5.74, 6) is 1.94. The molecule has 0 heterocycles. The molecule has 0 spiro atoms. The summed E-state index contributed by atoms with van der Waals surface area (Å²) in [6, 6.07) is 31.4. The zero-order valence-electron chi connectivity index (χ0n) is 15.1. The first-order chi connectivity index (χ1) is 13.7. The lowest BCUT2D eigenvalue weighted by atomic mass is 10.2. The van der Waals surface area contributed by atoms with Gasteiger partial charge in [-0.15, -0.1) is 0 Å². The van der Waals surface area contributed by atoms with Gasteiger partial charge in [-0.05, 0) is 84.9 Å². The second kappa shape index (κ2) is 7.76. The van der Waals surface area contributed by atoms with Crippen LogP contribution in [0.3, 0.4) is 0 Å². The van der Waals surface area contributed by atoms with Crippen LogP contribution in [-0.2, 0) is 0 Å². The standard InChI is InChI=1S/C24H19NO3/c26-21-12-6-18(7-13-21)25(19-8-14-22(27)15-9-19)20-10-16-24(17-11-20)28-23-4-2-1-3-5-23/h1-17,26-27H. The largest absolute Gasteiger partial charge is 0.508 e. The Morgan fingerprint density at radius 2 is 0.857 bits per heavy atom. The molecular formula is C24H19NO3. The highest BCUT2D eigenvalue weighted by Gasteiger charge is 2.13. The van der Waals surface area contributed by atoms with E-state index < -0.39 is 0 Å². The minimum absolute atomic E-state index is 0.209. The highest BCUT2D eigenvalue weighted by molar-refractivity contribution is 5.77. The third-order valence-electron chi connectivity index (χ3n) is 4.29. The third-order valence-corrected chi connectivity index (χ3v) is 4.29. The van der Waals surface area contributed by atoms with E-state index in [2.05, 4.69) is 0 Å². The van der Waals surface area contributed by atoms with Gasteiger partial charge < -0.3 is 19.8 Å². The second-order valence-corrected chi connectivity index (χ2v) is 6.28. The van der Waals surface area contributed by atoms with Crippen LogP contribution in [0.15, 0.2) is 103 Å². The summed E-state index contributed by atoms with van der Waals surface area (Å²) < 4.78 is 5.87. The molecule has 2 N–H and O–H groups in total. The van der Waals surface area contributed by atoms with Crippen LogP contribution in [0, 0.1) is 0 Å². The number of phenolic OH excluding ortho intramolecular Hbond substituents is 2. The summed E-state index contributed by atoms with van der Waals surface area (Å²) in [5.41, 5.74) is 2.71. The molecule has 138 valence electrons. The summed E-state index contributed by atoms with van der Waals surface area (Å²) in [7, 11) is 0. The van der Waals surface area contributed by atoms with Gasteiger partial charge in [0.2, 0.25) is 0 Å². The van der Waals surface area contributed by atoms with Crippen molar-refractivity contribution in [1.29, 1.82) is 0 Å². The molecule has 4 heteroatoms. The van der Waals surface area contributed by atoms with E-state index in [-0.39, 0.29) is 11.5 Å². The van der Waals surface area contributed by atoms with Gasteiger partial charge in [-0.25, -0.2) is 0 Å². The van der Waals surface area contributed by atoms with Gasteiger partial charge in [-0.1, -0.05) is 18.2 Å². The van der Waals surface area contributed by atoms with Crippen LogP contribution in [0.4, 0.5) is 17.1 Å². The van der Waals surface area contributed by atoms with Gasteiger partial charge >= 0.3 is 0 Å². The molecule has 0 saturated carbocycles. The molecule has 28 heavy (non-hydrogen) atoms. The van der Waals surface area contributed by atoms with Crippen molar-refractivity contribution in [3.8, 4) is 23.0 Å². The molecular weight excluding hydrogens is 350 g/mol. The van der Waals surface area contributed by atoms with Gasteiger partial charge in [-0.3, -0.25) is 0 Å². The van der Waals surface area contributed by atoms with Crippen molar-refractivity contribution in [2.24, 2.45) is 0 Å². The lowest BCUT2D eigenvalue weighted by Crippen LogP contribution is -2.09. The van der Waals surface area contributed by atoms with E-state index in [4.69, 9.17) is 4.74 Å². The molecule has 0 aliphatic rings. The fourth-order valence-electron chi connectivity index (χ4n) is 2.94. The number of ether oxygens (including phenoxy) is 1. The number of hydrogen-bond donors (Lipinski definition) is 2. The Hall–Kier alpha value is -3.92. The first kappa shape index (κ1) is 17.5. The fraction of sp³-hybridized carbons (Fsp3) is 0. The Kier molecular flexibility index (Phi) is 4.85. The SMILES string of the molecule is Oc1ccc(N(c2ccc(O)cc2)c2ccc(Oc3ccccc3)cc2)cc1. The summed E-state index contributed by atoms with van der Waals surface area (Å²) in [5, 5.41) is 19.2. The smallest absolute Gasteiger partial charge is 0.127 e. The maximum atomic E-state index is 9.62. The average molecular weight is 369 g/mol. The van der Waals surface area contributed by atoms with Gasteiger partial charge in [0, 0.05) is 17.1 Å². The monoisotopic (exact) mass is 369 g/mol. The predicted molar refractivity (Wildman–Crippen MR) is 111 cm³/mol. The molecule has 4 aromatic carbocycles. The molecule has 0 aromatic heterocycles. The summed E-state index contributed by atoms with van der Waals surface area (Å²) in [6.45, 7) is 0. The normalized spacial score (nSPS) is 10.4. The van der Waals surface area contributed by atoms with E-state index in [1.165, 1.54) is 0 Å². The van der Waals surface area contributed by atoms with Crippen LogP contribution in [-0.4, -0.2) is 10.2 Å². The van der Waals surface area contributed by atoms with Gasteiger partial charge in [0.25, 0.3) is 0 Å². The van der Waals surface area contributed by atoms with Gasteiger partial charge in [0.05, 0.1) is 0 Å². The quantitative estimate of drug-likeness (QED) is 0.430. The molecule has 0 aliphatic heterocycles. The van der Waals surface area contributed by atoms with Crippen LogP contribution in [0.2, 0.25) is 0 Å². The Morgan fingerprint density at radius 3 is 1.32 bits per heavy atom. The molecule has 4 aromatic rings. The zero-order valence-corrected chi connectivity index (χ0v) is 15.1. The topological polar surface area (TPSA) is 52.9 Å². The Balaban J connectivity index is 1.68. The van der Waals surface area contributed by atoms with E-state index in [1.807, 2.05) is 83.8 Å². The summed E-state index contributed by atoms with van der Waals surface area (Å²) >= 11 is 0. The van der Waals surface area contributed by atoms with Crippen LogP contribution in [0.25, 0.3) is 0 Å². The number of nitrogens with zero attached hydrogens (tertiary/aromatic N) is 1. The van der Waals surface area contributed by atoms with Crippen molar-refractivity contribution in [2.45, 2.75) is 0 Å². The Bertz CT molecular complexity index is 982. The minimum Gasteiger partial charge on any atom is -0.508 e. The predicted octanol–water partition coefficient (Wildman–Crippen LogP) is 6.36. The summed E-state index contributed by atoms with van der Waals surface area (Å²) in [6.07, 6.45) is 0. The maximum Gasteiger partial charge on any atom is 0.127 e. The van der Waals surface area contributed by atoms with Gasteiger partial charge in [0.1, 0.15) is 23.0 Å². The van der Waals surface area contributed by atoms with E-state index >= 15 is 0 Å². The van der Waals surface area contributed by atoms with E-state index in [9.17, 15) is 10.2 Å². The van der Waals surface area contributed by atoms with Gasteiger partial charge in [0.15, 0.2) is 0 Å². The van der Waals surface area contributed by atoms with E-state index in [0.29, 0.717) is 0 Å². The van der Waals surface area contributed by atoms with Crippen molar-refractivity contribution in [1.82, 2.24) is 0 Å². The molecule has 0 aliphatic carbocycles. The van der Waals surface area contributed by atoms with Crippen LogP contribution in [0.1, 0.15) is 0 Å². The molecule has 0 amide bonds. The lowest BCUT2D eigenvalue weighted by Gasteiger charge is -2.25. The number of hydrogen-bond acceptors (Lipinski definition) is 4. The van der Waals surface area contributed by atoms with E-state index in [1.54, 1.807) is 24.3 Å². The lowest BCUT2D eigenvalue weighted by molar-refractivity contribution is 0.475. The van der Waals surface area contributed by atoms with Crippen LogP contribution in [0.5, 0.6) is 23.0 Å². The molecule has 4 rings (SSSR count). The second-order valence-electron chi connectivity index (χ2n) is 6.28. The molecule has 0 fully saturated rings. The van der Waals surface area contributed by atoms with Crippen molar-refractivity contribution in [2.75, 3.05) is 4.90 Å². The van der Waals surface area contributed by atoms with Crippen LogP contribution >= 0.6 is 0 Å². The first-order valence-electron chi connectivity index (χ1n) is 8.90. The van der Waals surface area contributed by atoms with Gasteiger partial charge in [-0.2, -0.15) is 0 Å². The average Bonchev–Trinajstić information content (AvgIpc) is 2.73. The van der Waals surface area contributed by atoms with Crippen LogP contribution < -0.4 is 9.64 Å². The number of phenols is 2.